The van der Waals surface area contributed by atoms with Crippen LogP contribution < -0.4 is 0 Å². The smallest absolute Gasteiger partial charge is 0.347 e. The summed E-state index contributed by atoms with van der Waals surface area (Å²) in [5.41, 5.74) is 0. The molecule has 0 aliphatic carbocycles. The summed E-state index contributed by atoms with van der Waals surface area (Å²) in [5, 5.41) is 10.1. The van der Waals surface area contributed by atoms with Crippen LogP contribution in [0.5, 0.6) is 0 Å². The molecule has 1 aromatic rings. The molecule has 1 aromatic heterocycles. The number of thiazole rings is 1. The Morgan fingerprint density at radius 2 is 2.46 bits per heavy atom. The number of rotatable bonds is 4. The van der Waals surface area contributed by atoms with Gasteiger partial charge in [-0.25, -0.2) is 9.78 Å². The van der Waals surface area contributed by atoms with E-state index in [9.17, 15) is 4.79 Å². The Kier molecular flexibility index (Phi) is 3.74. The highest BCUT2D eigenvalue weighted by Crippen LogP contribution is 2.21. The molecular weight excluding hydrogens is 206 g/mol. The highest BCUT2D eigenvalue weighted by Gasteiger charge is 2.08. The normalized spacial score (nSPS) is 10.7. The third kappa shape index (κ3) is 3.36. The second-order valence-electron chi connectivity index (χ2n) is 2.78. The Hall–Kier alpha value is -0.550. The molecule has 0 radical (unpaired) electrons. The fourth-order valence-corrected chi connectivity index (χ4v) is 2.26. The van der Waals surface area contributed by atoms with Gasteiger partial charge < -0.3 is 5.11 Å². The van der Waals surface area contributed by atoms with Crippen LogP contribution in [0.1, 0.15) is 28.5 Å². The molecular formula is C8H11NO2S2. The molecule has 0 bridgehead atoms. The van der Waals surface area contributed by atoms with Gasteiger partial charge in [0.05, 0.1) is 6.20 Å². The molecule has 13 heavy (non-hydrogen) atoms. The number of carboxylic acid groups (broad SMARTS) is 1. The number of hydrogen-bond donors (Lipinski definition) is 1. The summed E-state index contributed by atoms with van der Waals surface area (Å²) in [4.78, 5) is 14.9. The van der Waals surface area contributed by atoms with Crippen LogP contribution in [0.25, 0.3) is 0 Å². The third-order valence-electron chi connectivity index (χ3n) is 1.30. The average Bonchev–Trinajstić information content (AvgIpc) is 2.48. The zero-order valence-corrected chi connectivity index (χ0v) is 9.11. The summed E-state index contributed by atoms with van der Waals surface area (Å²) >= 11 is 3.02. The molecule has 0 aliphatic heterocycles. The number of carboxylic acids is 1. The van der Waals surface area contributed by atoms with Crippen LogP contribution in [0.15, 0.2) is 6.20 Å². The standard InChI is InChI=1S/C8H11NO2S2/c1-5(2)12-4-7-9-3-6(13-7)8(10)11/h3,5H,4H2,1-2H3,(H,10,11). The molecule has 0 fully saturated rings. The van der Waals surface area contributed by atoms with E-state index in [1.54, 1.807) is 11.8 Å². The quantitative estimate of drug-likeness (QED) is 0.841. The van der Waals surface area contributed by atoms with E-state index >= 15 is 0 Å². The molecule has 72 valence electrons. The van der Waals surface area contributed by atoms with Crippen LogP contribution >= 0.6 is 23.1 Å². The first-order valence-electron chi connectivity index (χ1n) is 3.89. The number of thioether (sulfide) groups is 1. The lowest BCUT2D eigenvalue weighted by Gasteiger charge is -2.00. The van der Waals surface area contributed by atoms with Crippen molar-refractivity contribution in [1.82, 2.24) is 4.98 Å². The number of nitrogens with zero attached hydrogens (tertiary/aromatic N) is 1. The molecule has 3 nitrogen and oxygen atoms in total. The highest BCUT2D eigenvalue weighted by molar-refractivity contribution is 7.99. The fraction of sp³-hybridized carbons (Fsp3) is 0.500. The molecule has 0 saturated heterocycles. The van der Waals surface area contributed by atoms with Gasteiger partial charge >= 0.3 is 5.97 Å². The lowest BCUT2D eigenvalue weighted by Crippen LogP contribution is -1.89. The zero-order valence-electron chi connectivity index (χ0n) is 7.48. The number of carbonyl (C=O) groups is 1. The second-order valence-corrected chi connectivity index (χ2v) is 5.46. The highest BCUT2D eigenvalue weighted by atomic mass is 32.2. The molecule has 0 saturated carbocycles. The van der Waals surface area contributed by atoms with Crippen LogP contribution in [0.3, 0.4) is 0 Å². The van der Waals surface area contributed by atoms with Crippen LogP contribution in [-0.4, -0.2) is 21.3 Å². The van der Waals surface area contributed by atoms with Crippen molar-refractivity contribution in [1.29, 1.82) is 0 Å². The Bertz CT molecular complexity index is 296. The molecule has 0 atom stereocenters. The van der Waals surface area contributed by atoms with Crippen LogP contribution in [-0.2, 0) is 5.75 Å². The predicted octanol–water partition coefficient (Wildman–Crippen LogP) is 2.48. The first-order chi connectivity index (χ1) is 6.09. The first-order valence-corrected chi connectivity index (χ1v) is 5.75. The largest absolute Gasteiger partial charge is 0.477 e. The fourth-order valence-electron chi connectivity index (χ4n) is 0.714. The summed E-state index contributed by atoms with van der Waals surface area (Å²) in [7, 11) is 0. The lowest BCUT2D eigenvalue weighted by atomic mass is 10.6. The van der Waals surface area contributed by atoms with Gasteiger partial charge in [-0.2, -0.15) is 11.8 Å². The van der Waals surface area contributed by atoms with Crippen molar-refractivity contribution in [2.75, 3.05) is 0 Å². The minimum Gasteiger partial charge on any atom is -0.477 e. The second kappa shape index (κ2) is 4.62. The number of aromatic carboxylic acids is 1. The van der Waals surface area contributed by atoms with Crippen molar-refractivity contribution in [3.63, 3.8) is 0 Å². The van der Waals surface area contributed by atoms with Crippen molar-refractivity contribution in [3.05, 3.63) is 16.1 Å². The van der Waals surface area contributed by atoms with E-state index in [-0.39, 0.29) is 0 Å². The van der Waals surface area contributed by atoms with Crippen molar-refractivity contribution in [2.45, 2.75) is 24.9 Å². The van der Waals surface area contributed by atoms with E-state index in [0.29, 0.717) is 10.1 Å². The zero-order chi connectivity index (χ0) is 9.84. The molecule has 5 heteroatoms. The molecule has 0 unspecified atom stereocenters. The molecule has 0 aliphatic rings. The van der Waals surface area contributed by atoms with E-state index in [0.717, 1.165) is 10.8 Å². The van der Waals surface area contributed by atoms with Gasteiger partial charge in [-0.15, -0.1) is 11.3 Å². The lowest BCUT2D eigenvalue weighted by molar-refractivity contribution is 0.0702. The minimum absolute atomic E-state index is 0.319. The SMILES string of the molecule is CC(C)SCc1ncc(C(=O)O)s1. The Morgan fingerprint density at radius 3 is 2.92 bits per heavy atom. The van der Waals surface area contributed by atoms with Crippen LogP contribution in [0.4, 0.5) is 0 Å². The summed E-state index contributed by atoms with van der Waals surface area (Å²) < 4.78 is 0. The molecule has 0 amide bonds. The predicted molar refractivity (Wildman–Crippen MR) is 55.5 cm³/mol. The van der Waals surface area contributed by atoms with Gasteiger partial charge in [-0.3, -0.25) is 0 Å². The molecule has 1 rings (SSSR count). The minimum atomic E-state index is -0.890. The van der Waals surface area contributed by atoms with Crippen LogP contribution in [0.2, 0.25) is 0 Å². The van der Waals surface area contributed by atoms with E-state index in [4.69, 9.17) is 5.11 Å². The summed E-state index contributed by atoms with van der Waals surface area (Å²) in [6.45, 7) is 4.22. The molecule has 0 aromatic carbocycles. The summed E-state index contributed by atoms with van der Waals surface area (Å²) in [6, 6.07) is 0. The Balaban J connectivity index is 2.54. The maximum absolute atomic E-state index is 10.5. The van der Waals surface area contributed by atoms with Gasteiger partial charge in [0.1, 0.15) is 9.88 Å². The van der Waals surface area contributed by atoms with E-state index < -0.39 is 5.97 Å². The van der Waals surface area contributed by atoms with Crippen molar-refractivity contribution in [3.8, 4) is 0 Å². The van der Waals surface area contributed by atoms with Gasteiger partial charge in [0.25, 0.3) is 0 Å². The summed E-state index contributed by atoms with van der Waals surface area (Å²) in [6.07, 6.45) is 1.42. The van der Waals surface area contributed by atoms with Crippen molar-refractivity contribution in [2.24, 2.45) is 0 Å². The van der Waals surface area contributed by atoms with Gasteiger partial charge in [0.15, 0.2) is 0 Å². The number of hydrogen-bond acceptors (Lipinski definition) is 4. The molecule has 1 heterocycles. The topological polar surface area (TPSA) is 50.2 Å². The average molecular weight is 217 g/mol. The first kappa shape index (κ1) is 10.5. The third-order valence-corrected chi connectivity index (χ3v) is 3.58. The monoisotopic (exact) mass is 217 g/mol. The maximum Gasteiger partial charge on any atom is 0.347 e. The van der Waals surface area contributed by atoms with Crippen molar-refractivity contribution >= 4 is 29.1 Å². The van der Waals surface area contributed by atoms with Gasteiger partial charge in [0, 0.05) is 5.75 Å². The maximum atomic E-state index is 10.5. The Morgan fingerprint density at radius 1 is 1.77 bits per heavy atom. The summed E-state index contributed by atoms with van der Waals surface area (Å²) in [5.74, 6) is -0.0893. The van der Waals surface area contributed by atoms with Gasteiger partial charge in [0.2, 0.25) is 0 Å². The van der Waals surface area contributed by atoms with Crippen molar-refractivity contribution < 1.29 is 9.90 Å². The van der Waals surface area contributed by atoms with Gasteiger partial charge in [-0.05, 0) is 5.25 Å². The molecule has 0 spiro atoms. The van der Waals surface area contributed by atoms with E-state index in [1.165, 1.54) is 17.5 Å². The van der Waals surface area contributed by atoms with E-state index in [1.807, 2.05) is 0 Å². The van der Waals surface area contributed by atoms with E-state index in [2.05, 4.69) is 18.8 Å². The van der Waals surface area contributed by atoms with Crippen LogP contribution in [0, 0.1) is 0 Å². The molecule has 1 N–H and O–H groups in total. The van der Waals surface area contributed by atoms with Gasteiger partial charge in [-0.1, -0.05) is 13.8 Å². The Labute approximate surface area is 85.2 Å². The number of aromatic nitrogens is 1.